The van der Waals surface area contributed by atoms with Gasteiger partial charge in [0.15, 0.2) is 0 Å². The highest BCUT2D eigenvalue weighted by Gasteiger charge is 2.34. The molecule has 9 heteroatoms. The summed E-state index contributed by atoms with van der Waals surface area (Å²) in [5.41, 5.74) is 0.210. The Morgan fingerprint density at radius 3 is 2.70 bits per heavy atom. The van der Waals surface area contributed by atoms with Gasteiger partial charge in [-0.1, -0.05) is 6.92 Å². The van der Waals surface area contributed by atoms with E-state index >= 15 is 0 Å². The molecule has 0 unspecified atom stereocenters. The fourth-order valence-corrected chi connectivity index (χ4v) is 4.67. The van der Waals surface area contributed by atoms with Gasteiger partial charge >= 0.3 is 11.8 Å². The Balaban J connectivity index is 1.65. The van der Waals surface area contributed by atoms with E-state index in [2.05, 4.69) is 16.8 Å². The summed E-state index contributed by atoms with van der Waals surface area (Å²) in [7, 11) is 0. The molecule has 4 rings (SSSR count). The standard InChI is InChI=1S/C24H34N4O5/c1-6-28-21(29)18-11-20-16(10-19(18)25-22(28)30)12-26-7-8-27(23(31)33-24(3,4)5)13-17(26)9-15(2)14-32-20/h10-11,15,17H,6-9,12-14H2,1-5H3,(H,25,30)/t15-,17+/m0/s1. The fourth-order valence-electron chi connectivity index (χ4n) is 4.67. The molecule has 1 aromatic carbocycles. The molecule has 2 aromatic rings. The summed E-state index contributed by atoms with van der Waals surface area (Å²) in [6.45, 7) is 12.9. The van der Waals surface area contributed by atoms with E-state index in [0.717, 1.165) is 12.0 Å². The van der Waals surface area contributed by atoms with E-state index in [4.69, 9.17) is 9.47 Å². The number of ether oxygens (including phenoxy) is 2. The molecule has 0 radical (unpaired) electrons. The smallest absolute Gasteiger partial charge is 0.410 e. The third-order valence-electron chi connectivity index (χ3n) is 6.31. The monoisotopic (exact) mass is 458 g/mol. The van der Waals surface area contributed by atoms with Gasteiger partial charge in [0.1, 0.15) is 11.4 Å². The predicted molar refractivity (Wildman–Crippen MR) is 126 cm³/mol. The number of carbonyl (C=O) groups excluding carboxylic acids is 1. The number of nitrogens with zero attached hydrogens (tertiary/aromatic N) is 3. The number of carbonyl (C=O) groups is 1. The van der Waals surface area contributed by atoms with Crippen LogP contribution in [0.3, 0.4) is 0 Å². The van der Waals surface area contributed by atoms with Crippen LogP contribution >= 0.6 is 0 Å². The molecule has 33 heavy (non-hydrogen) atoms. The zero-order chi connectivity index (χ0) is 23.9. The Morgan fingerprint density at radius 1 is 1.24 bits per heavy atom. The average molecular weight is 459 g/mol. The van der Waals surface area contributed by atoms with Gasteiger partial charge in [0, 0.05) is 44.3 Å². The third-order valence-corrected chi connectivity index (χ3v) is 6.31. The SMILES string of the molecule is CCn1c(=O)[nH]c2cc3c(cc2c1=O)OC[C@@H](C)C[C@@H]1CN(C(=O)OC(C)(C)C)CCN1C3. The summed E-state index contributed by atoms with van der Waals surface area (Å²) in [5, 5.41) is 0.452. The van der Waals surface area contributed by atoms with Crippen molar-refractivity contribution in [1.29, 1.82) is 0 Å². The molecular weight excluding hydrogens is 424 g/mol. The molecule has 3 heterocycles. The number of hydrogen-bond donors (Lipinski definition) is 1. The summed E-state index contributed by atoms with van der Waals surface area (Å²) >= 11 is 0. The lowest BCUT2D eigenvalue weighted by atomic mass is 9.99. The van der Waals surface area contributed by atoms with Crippen molar-refractivity contribution >= 4 is 17.0 Å². The Kier molecular flexibility index (Phi) is 6.26. The molecular formula is C24H34N4O5. The molecule has 0 bridgehead atoms. The van der Waals surface area contributed by atoms with Crippen LogP contribution in [0.4, 0.5) is 4.79 Å². The zero-order valence-corrected chi connectivity index (χ0v) is 20.1. The molecule has 0 aliphatic carbocycles. The van der Waals surface area contributed by atoms with Gasteiger partial charge in [-0.05, 0) is 52.2 Å². The summed E-state index contributed by atoms with van der Waals surface area (Å²) in [6, 6.07) is 3.79. The molecule has 180 valence electrons. The van der Waals surface area contributed by atoms with Crippen LogP contribution in [0.2, 0.25) is 0 Å². The maximum atomic E-state index is 12.8. The van der Waals surface area contributed by atoms with E-state index < -0.39 is 11.3 Å². The van der Waals surface area contributed by atoms with Gasteiger partial charge in [-0.3, -0.25) is 14.3 Å². The first-order valence-corrected chi connectivity index (χ1v) is 11.7. The lowest BCUT2D eigenvalue weighted by Gasteiger charge is -2.42. The number of amides is 1. The highest BCUT2D eigenvalue weighted by Crippen LogP contribution is 2.30. The maximum absolute atomic E-state index is 12.8. The molecule has 1 saturated heterocycles. The van der Waals surface area contributed by atoms with Crippen molar-refractivity contribution in [1.82, 2.24) is 19.4 Å². The number of nitrogens with one attached hydrogen (secondary N) is 1. The third kappa shape index (κ3) is 4.93. The summed E-state index contributed by atoms with van der Waals surface area (Å²) in [5.74, 6) is 0.942. The Morgan fingerprint density at radius 2 is 2.00 bits per heavy atom. The first kappa shape index (κ1) is 23.4. The molecule has 1 amide bonds. The van der Waals surface area contributed by atoms with Gasteiger partial charge in [-0.15, -0.1) is 0 Å². The van der Waals surface area contributed by atoms with Crippen LogP contribution in [0.1, 0.15) is 46.6 Å². The number of fused-ring (bicyclic) bond motifs is 3. The van der Waals surface area contributed by atoms with Crippen molar-refractivity contribution in [3.8, 4) is 5.75 Å². The lowest BCUT2D eigenvalue weighted by Crippen LogP contribution is -2.55. The fraction of sp³-hybridized carbons (Fsp3) is 0.625. The minimum Gasteiger partial charge on any atom is -0.493 e. The number of rotatable bonds is 1. The highest BCUT2D eigenvalue weighted by molar-refractivity contribution is 5.80. The lowest BCUT2D eigenvalue weighted by molar-refractivity contribution is -0.000632. The molecule has 9 nitrogen and oxygen atoms in total. The molecule has 2 atom stereocenters. The average Bonchev–Trinajstić information content (AvgIpc) is 2.78. The molecule has 1 fully saturated rings. The predicted octanol–water partition coefficient (Wildman–Crippen LogP) is 2.55. The Bertz CT molecular complexity index is 1160. The van der Waals surface area contributed by atoms with E-state index in [-0.39, 0.29) is 23.6 Å². The van der Waals surface area contributed by atoms with Crippen molar-refractivity contribution in [2.24, 2.45) is 5.92 Å². The maximum Gasteiger partial charge on any atom is 0.410 e. The van der Waals surface area contributed by atoms with Gasteiger partial charge < -0.3 is 19.4 Å². The van der Waals surface area contributed by atoms with Gasteiger partial charge in [0.05, 0.1) is 17.5 Å². The van der Waals surface area contributed by atoms with Crippen molar-refractivity contribution in [2.45, 2.75) is 65.8 Å². The molecule has 2 aliphatic heterocycles. The second-order valence-electron chi connectivity index (χ2n) is 10.2. The van der Waals surface area contributed by atoms with Crippen LogP contribution in [-0.2, 0) is 17.8 Å². The Hall–Kier alpha value is -2.81. The van der Waals surface area contributed by atoms with Crippen LogP contribution in [0.25, 0.3) is 10.9 Å². The molecule has 2 aliphatic rings. The van der Waals surface area contributed by atoms with Crippen LogP contribution in [0.15, 0.2) is 21.7 Å². The summed E-state index contributed by atoms with van der Waals surface area (Å²) < 4.78 is 12.9. The molecule has 0 saturated carbocycles. The van der Waals surface area contributed by atoms with E-state index in [1.54, 1.807) is 17.9 Å². The minimum absolute atomic E-state index is 0.165. The van der Waals surface area contributed by atoms with Crippen LogP contribution in [0, 0.1) is 5.92 Å². The van der Waals surface area contributed by atoms with Crippen molar-refractivity contribution < 1.29 is 14.3 Å². The number of H-pyrrole nitrogens is 1. The van der Waals surface area contributed by atoms with Gasteiger partial charge in [0.2, 0.25) is 0 Å². The van der Waals surface area contributed by atoms with Crippen molar-refractivity contribution in [2.75, 3.05) is 26.2 Å². The number of hydrogen-bond acceptors (Lipinski definition) is 6. The van der Waals surface area contributed by atoms with E-state index in [9.17, 15) is 14.4 Å². The number of piperazine rings is 1. The minimum atomic E-state index is -0.527. The zero-order valence-electron chi connectivity index (χ0n) is 20.1. The highest BCUT2D eigenvalue weighted by atomic mass is 16.6. The summed E-state index contributed by atoms with van der Waals surface area (Å²) in [4.78, 5) is 44.8. The molecule has 1 N–H and O–H groups in total. The normalized spacial score (nSPS) is 21.9. The van der Waals surface area contributed by atoms with Gasteiger partial charge in [-0.2, -0.15) is 0 Å². The molecule has 1 aromatic heterocycles. The van der Waals surface area contributed by atoms with E-state index in [0.29, 0.717) is 56.0 Å². The second kappa shape index (κ2) is 8.85. The van der Waals surface area contributed by atoms with Crippen LogP contribution in [-0.4, -0.2) is 63.3 Å². The molecule has 0 spiro atoms. The first-order valence-electron chi connectivity index (χ1n) is 11.7. The number of benzene rings is 1. The summed E-state index contributed by atoms with van der Waals surface area (Å²) in [6.07, 6.45) is 0.605. The quantitative estimate of drug-likeness (QED) is 0.706. The second-order valence-corrected chi connectivity index (χ2v) is 10.2. The number of aromatic amines is 1. The first-order chi connectivity index (χ1) is 15.6. The van der Waals surface area contributed by atoms with Crippen molar-refractivity contribution in [3.63, 3.8) is 0 Å². The van der Waals surface area contributed by atoms with Crippen molar-refractivity contribution in [3.05, 3.63) is 38.5 Å². The largest absolute Gasteiger partial charge is 0.493 e. The van der Waals surface area contributed by atoms with E-state index in [1.165, 1.54) is 4.57 Å². The van der Waals surface area contributed by atoms with Gasteiger partial charge in [0.25, 0.3) is 5.56 Å². The van der Waals surface area contributed by atoms with Crippen LogP contribution in [0.5, 0.6) is 5.75 Å². The number of aromatic nitrogens is 2. The topological polar surface area (TPSA) is 96.9 Å². The van der Waals surface area contributed by atoms with E-state index in [1.807, 2.05) is 26.8 Å². The van der Waals surface area contributed by atoms with Gasteiger partial charge in [-0.25, -0.2) is 9.59 Å². The van der Waals surface area contributed by atoms with Crippen LogP contribution < -0.4 is 16.0 Å². The Labute approximate surface area is 193 Å².